The second-order valence-electron chi connectivity index (χ2n) is 3.66. The van der Waals surface area contributed by atoms with E-state index in [1.165, 1.54) is 0 Å². The van der Waals surface area contributed by atoms with Crippen LogP contribution in [0.4, 0.5) is 0 Å². The lowest BCUT2D eigenvalue weighted by molar-refractivity contribution is 0.0126. The van der Waals surface area contributed by atoms with Crippen LogP contribution in [0.25, 0.3) is 0 Å². The molecule has 6 heteroatoms. The quantitative estimate of drug-likeness (QED) is 0.758. The SMILES string of the molecule is O=C(NN1CCOCC1)c1cc(Br)ccc1I. The van der Waals surface area contributed by atoms with Crippen LogP contribution in [-0.4, -0.2) is 37.2 Å². The number of rotatable bonds is 2. The maximum Gasteiger partial charge on any atom is 0.266 e. The van der Waals surface area contributed by atoms with E-state index in [2.05, 4.69) is 43.9 Å². The molecular weight excluding hydrogens is 399 g/mol. The Labute approximate surface area is 122 Å². The molecule has 1 aliphatic heterocycles. The van der Waals surface area contributed by atoms with Crippen molar-refractivity contribution < 1.29 is 9.53 Å². The molecule has 17 heavy (non-hydrogen) atoms. The average molecular weight is 411 g/mol. The lowest BCUT2D eigenvalue weighted by Crippen LogP contribution is -2.48. The van der Waals surface area contributed by atoms with Crippen LogP contribution in [0.5, 0.6) is 0 Å². The summed E-state index contributed by atoms with van der Waals surface area (Å²) in [7, 11) is 0. The van der Waals surface area contributed by atoms with Crippen LogP contribution < -0.4 is 5.43 Å². The third-order valence-electron chi connectivity index (χ3n) is 2.44. The third kappa shape index (κ3) is 3.64. The molecule has 1 aliphatic rings. The van der Waals surface area contributed by atoms with Gasteiger partial charge in [-0.1, -0.05) is 15.9 Å². The fourth-order valence-corrected chi connectivity index (χ4v) is 2.49. The molecular formula is C11H12BrIN2O2. The van der Waals surface area contributed by atoms with Gasteiger partial charge in [0.2, 0.25) is 0 Å². The summed E-state index contributed by atoms with van der Waals surface area (Å²) in [5.74, 6) is -0.0717. The zero-order chi connectivity index (χ0) is 12.3. The maximum atomic E-state index is 12.1. The number of amides is 1. The summed E-state index contributed by atoms with van der Waals surface area (Å²) in [5, 5.41) is 1.89. The third-order valence-corrected chi connectivity index (χ3v) is 3.88. The molecule has 0 radical (unpaired) electrons. The van der Waals surface area contributed by atoms with E-state index in [0.29, 0.717) is 18.8 Å². The predicted octanol–water partition coefficient (Wildman–Crippen LogP) is 2.03. The standard InChI is InChI=1S/C11H12BrIN2O2/c12-8-1-2-10(13)9(7-8)11(16)14-15-3-5-17-6-4-15/h1-2,7H,3-6H2,(H,14,16). The highest BCUT2D eigenvalue weighted by molar-refractivity contribution is 14.1. The van der Waals surface area contributed by atoms with E-state index in [4.69, 9.17) is 4.74 Å². The number of nitrogens with one attached hydrogen (secondary N) is 1. The minimum atomic E-state index is -0.0717. The summed E-state index contributed by atoms with van der Waals surface area (Å²) >= 11 is 5.53. The Morgan fingerprint density at radius 1 is 1.41 bits per heavy atom. The number of hydrogen-bond acceptors (Lipinski definition) is 3. The van der Waals surface area contributed by atoms with Crippen molar-refractivity contribution in [2.45, 2.75) is 0 Å². The summed E-state index contributed by atoms with van der Waals surface area (Å²) in [6.07, 6.45) is 0. The zero-order valence-corrected chi connectivity index (χ0v) is 12.8. The number of carbonyl (C=O) groups is 1. The van der Waals surface area contributed by atoms with Crippen molar-refractivity contribution >= 4 is 44.4 Å². The average Bonchev–Trinajstić information content (AvgIpc) is 2.33. The number of halogens is 2. The number of nitrogens with zero attached hydrogens (tertiary/aromatic N) is 1. The highest BCUT2D eigenvalue weighted by atomic mass is 127. The zero-order valence-electron chi connectivity index (χ0n) is 9.08. The lowest BCUT2D eigenvalue weighted by atomic mass is 10.2. The summed E-state index contributed by atoms with van der Waals surface area (Å²) in [6.45, 7) is 2.79. The van der Waals surface area contributed by atoms with Gasteiger partial charge in [-0.3, -0.25) is 10.2 Å². The molecule has 1 amide bonds. The van der Waals surface area contributed by atoms with Crippen LogP contribution in [0.3, 0.4) is 0 Å². The molecule has 0 saturated carbocycles. The maximum absolute atomic E-state index is 12.1. The van der Waals surface area contributed by atoms with Crippen molar-refractivity contribution in [2.24, 2.45) is 0 Å². The summed E-state index contributed by atoms with van der Waals surface area (Å²) < 4.78 is 7.08. The van der Waals surface area contributed by atoms with Crippen molar-refractivity contribution in [3.63, 3.8) is 0 Å². The molecule has 0 aliphatic carbocycles. The van der Waals surface area contributed by atoms with Crippen LogP contribution >= 0.6 is 38.5 Å². The number of hydrazine groups is 1. The monoisotopic (exact) mass is 410 g/mol. The van der Waals surface area contributed by atoms with Crippen LogP contribution in [0.1, 0.15) is 10.4 Å². The first-order valence-electron chi connectivity index (χ1n) is 5.25. The predicted molar refractivity (Wildman–Crippen MR) is 76.7 cm³/mol. The Hall–Kier alpha value is -0.180. The van der Waals surface area contributed by atoms with Gasteiger partial charge in [-0.15, -0.1) is 0 Å². The molecule has 1 heterocycles. The molecule has 0 aromatic heterocycles. The summed E-state index contributed by atoms with van der Waals surface area (Å²) in [5.41, 5.74) is 3.58. The highest BCUT2D eigenvalue weighted by Crippen LogP contribution is 2.18. The van der Waals surface area contributed by atoms with Gasteiger partial charge in [0.25, 0.3) is 5.91 Å². The number of hydrogen-bond donors (Lipinski definition) is 1. The van der Waals surface area contributed by atoms with E-state index in [9.17, 15) is 4.79 Å². The number of ether oxygens (including phenoxy) is 1. The normalized spacial score (nSPS) is 16.8. The first-order valence-corrected chi connectivity index (χ1v) is 7.13. The molecule has 0 atom stereocenters. The second-order valence-corrected chi connectivity index (χ2v) is 5.74. The Kier molecular flexibility index (Phi) is 4.78. The van der Waals surface area contributed by atoms with Crippen molar-refractivity contribution in [2.75, 3.05) is 26.3 Å². The van der Waals surface area contributed by atoms with Gasteiger partial charge in [0, 0.05) is 21.1 Å². The molecule has 92 valence electrons. The van der Waals surface area contributed by atoms with E-state index in [1.54, 1.807) is 0 Å². The minimum absolute atomic E-state index is 0.0717. The van der Waals surface area contributed by atoms with Gasteiger partial charge < -0.3 is 4.74 Å². The van der Waals surface area contributed by atoms with Gasteiger partial charge in [0.05, 0.1) is 18.8 Å². The lowest BCUT2D eigenvalue weighted by Gasteiger charge is -2.27. The van der Waals surface area contributed by atoms with E-state index < -0.39 is 0 Å². The smallest absolute Gasteiger partial charge is 0.266 e. The molecule has 1 N–H and O–H groups in total. The van der Waals surface area contributed by atoms with Crippen LogP contribution in [-0.2, 0) is 4.74 Å². The number of benzene rings is 1. The molecule has 2 rings (SSSR count). The van der Waals surface area contributed by atoms with E-state index in [1.807, 2.05) is 23.2 Å². The van der Waals surface area contributed by atoms with Crippen molar-refractivity contribution in [3.05, 3.63) is 31.8 Å². The minimum Gasteiger partial charge on any atom is -0.379 e. The van der Waals surface area contributed by atoms with Crippen LogP contribution in [0.15, 0.2) is 22.7 Å². The Morgan fingerprint density at radius 2 is 2.12 bits per heavy atom. The topological polar surface area (TPSA) is 41.6 Å². The first-order chi connectivity index (χ1) is 8.16. The molecule has 0 bridgehead atoms. The Morgan fingerprint density at radius 3 is 2.82 bits per heavy atom. The summed E-state index contributed by atoms with van der Waals surface area (Å²) in [4.78, 5) is 12.1. The second kappa shape index (κ2) is 6.12. The molecule has 1 saturated heterocycles. The van der Waals surface area contributed by atoms with Crippen LogP contribution in [0, 0.1) is 3.57 Å². The van der Waals surface area contributed by atoms with Crippen LogP contribution in [0.2, 0.25) is 0 Å². The Bertz CT molecular complexity index is 422. The number of morpholine rings is 1. The van der Waals surface area contributed by atoms with Gasteiger partial charge in [0.1, 0.15) is 0 Å². The fraction of sp³-hybridized carbons (Fsp3) is 0.364. The van der Waals surface area contributed by atoms with E-state index >= 15 is 0 Å². The van der Waals surface area contributed by atoms with Gasteiger partial charge in [-0.05, 0) is 40.8 Å². The van der Waals surface area contributed by atoms with Gasteiger partial charge in [-0.2, -0.15) is 0 Å². The molecule has 1 aromatic rings. The van der Waals surface area contributed by atoms with E-state index in [-0.39, 0.29) is 5.91 Å². The molecule has 4 nitrogen and oxygen atoms in total. The van der Waals surface area contributed by atoms with E-state index in [0.717, 1.165) is 21.1 Å². The van der Waals surface area contributed by atoms with Gasteiger partial charge in [0.15, 0.2) is 0 Å². The first kappa shape index (κ1) is 13.3. The van der Waals surface area contributed by atoms with Crippen molar-refractivity contribution in [3.8, 4) is 0 Å². The largest absolute Gasteiger partial charge is 0.379 e. The van der Waals surface area contributed by atoms with Crippen molar-refractivity contribution in [1.29, 1.82) is 0 Å². The van der Waals surface area contributed by atoms with Gasteiger partial charge in [-0.25, -0.2) is 5.01 Å². The molecule has 1 fully saturated rings. The molecule has 0 spiro atoms. The summed E-state index contributed by atoms with van der Waals surface area (Å²) in [6, 6.07) is 5.67. The molecule has 0 unspecified atom stereocenters. The molecule has 1 aromatic carbocycles. The fourth-order valence-electron chi connectivity index (χ4n) is 1.55. The van der Waals surface area contributed by atoms with Crippen molar-refractivity contribution in [1.82, 2.24) is 10.4 Å². The highest BCUT2D eigenvalue weighted by Gasteiger charge is 2.16. The number of carbonyl (C=O) groups excluding carboxylic acids is 1. The van der Waals surface area contributed by atoms with Gasteiger partial charge >= 0.3 is 0 Å². The Balaban J connectivity index is 2.05.